The third-order valence-corrected chi connectivity index (χ3v) is 3.93. The molecular weight excluding hydrogens is 344 g/mol. The van der Waals surface area contributed by atoms with E-state index in [4.69, 9.17) is 16.7 Å². The molecule has 1 heterocycles. The van der Waals surface area contributed by atoms with Crippen molar-refractivity contribution in [1.29, 1.82) is 0 Å². The maximum Gasteiger partial charge on any atom is 0.273 e. The van der Waals surface area contributed by atoms with Gasteiger partial charge in [-0.25, -0.2) is 13.6 Å². The van der Waals surface area contributed by atoms with Gasteiger partial charge in [0.1, 0.15) is 0 Å². The molecule has 2 N–H and O–H groups in total. The number of hydrogen-bond donors (Lipinski definition) is 1. The van der Waals surface area contributed by atoms with E-state index in [-0.39, 0.29) is 5.16 Å². The van der Waals surface area contributed by atoms with Crippen LogP contribution < -0.4 is 5.14 Å². The molecule has 1 aromatic carbocycles. The molecule has 18 heavy (non-hydrogen) atoms. The Morgan fingerprint density at radius 2 is 2.06 bits per heavy atom. The highest BCUT2D eigenvalue weighted by molar-refractivity contribution is 9.10. The van der Waals surface area contributed by atoms with Gasteiger partial charge in [0.25, 0.3) is 15.2 Å². The summed E-state index contributed by atoms with van der Waals surface area (Å²) in [6.07, 6.45) is 0. The summed E-state index contributed by atoms with van der Waals surface area (Å²) in [6.45, 7) is 0. The van der Waals surface area contributed by atoms with Crippen molar-refractivity contribution in [3.63, 3.8) is 0 Å². The van der Waals surface area contributed by atoms with E-state index < -0.39 is 10.0 Å². The molecule has 0 atom stereocenters. The third-order valence-electron chi connectivity index (χ3n) is 2.26. The lowest BCUT2D eigenvalue weighted by Crippen LogP contribution is -2.17. The molecule has 96 valence electrons. The van der Waals surface area contributed by atoms with E-state index in [1.165, 1.54) is 11.6 Å². The molecule has 0 amide bonds. The number of sulfonamides is 1. The molecule has 6 nitrogen and oxygen atoms in total. The molecule has 0 spiro atoms. The highest BCUT2D eigenvalue weighted by atomic mass is 79.9. The Morgan fingerprint density at radius 1 is 1.39 bits per heavy atom. The summed E-state index contributed by atoms with van der Waals surface area (Å²) < 4.78 is 24.6. The molecule has 0 aliphatic rings. The van der Waals surface area contributed by atoms with Gasteiger partial charge in [-0.3, -0.25) is 4.57 Å². The van der Waals surface area contributed by atoms with E-state index in [1.807, 2.05) is 0 Å². The summed E-state index contributed by atoms with van der Waals surface area (Å²) in [5.41, 5.74) is 0.574. The van der Waals surface area contributed by atoms with Crippen LogP contribution in [0.4, 0.5) is 0 Å². The van der Waals surface area contributed by atoms with E-state index in [9.17, 15) is 8.42 Å². The van der Waals surface area contributed by atoms with Crippen LogP contribution in [0.25, 0.3) is 11.4 Å². The first-order chi connectivity index (χ1) is 8.30. The highest BCUT2D eigenvalue weighted by Crippen LogP contribution is 2.29. The van der Waals surface area contributed by atoms with Gasteiger partial charge in [0.2, 0.25) is 0 Å². The highest BCUT2D eigenvalue weighted by Gasteiger charge is 2.20. The minimum atomic E-state index is -3.90. The van der Waals surface area contributed by atoms with Gasteiger partial charge in [0, 0.05) is 17.1 Å². The van der Waals surface area contributed by atoms with Crippen LogP contribution >= 0.6 is 27.5 Å². The molecular formula is C9H8BrClN4O2S. The maximum absolute atomic E-state index is 11.3. The number of aromatic nitrogens is 3. The second kappa shape index (κ2) is 4.61. The quantitative estimate of drug-likeness (QED) is 0.888. The molecule has 2 rings (SSSR count). The molecule has 9 heteroatoms. The van der Waals surface area contributed by atoms with Gasteiger partial charge in [0.15, 0.2) is 5.82 Å². The van der Waals surface area contributed by atoms with Crippen LogP contribution in [0.15, 0.2) is 27.8 Å². The Labute approximate surface area is 117 Å². The van der Waals surface area contributed by atoms with Gasteiger partial charge in [-0.05, 0) is 18.2 Å². The number of benzene rings is 1. The van der Waals surface area contributed by atoms with Crippen molar-refractivity contribution in [1.82, 2.24) is 14.8 Å². The van der Waals surface area contributed by atoms with E-state index in [0.29, 0.717) is 16.4 Å². The monoisotopic (exact) mass is 350 g/mol. The topological polar surface area (TPSA) is 90.9 Å². The van der Waals surface area contributed by atoms with E-state index >= 15 is 0 Å². The van der Waals surface area contributed by atoms with E-state index in [0.717, 1.165) is 4.47 Å². The molecule has 0 saturated carbocycles. The Morgan fingerprint density at radius 3 is 2.56 bits per heavy atom. The van der Waals surface area contributed by atoms with Crippen molar-refractivity contribution in [2.45, 2.75) is 5.16 Å². The third kappa shape index (κ3) is 2.41. The number of halogens is 2. The van der Waals surface area contributed by atoms with E-state index in [1.54, 1.807) is 18.2 Å². The first kappa shape index (κ1) is 13.5. The van der Waals surface area contributed by atoms with Crippen LogP contribution in [0.3, 0.4) is 0 Å². The molecule has 2 aromatic rings. The molecule has 0 aliphatic heterocycles. The lowest BCUT2D eigenvalue weighted by molar-refractivity contribution is 0.580. The predicted octanol–water partition coefficient (Wildman–Crippen LogP) is 1.55. The van der Waals surface area contributed by atoms with Crippen LogP contribution in [-0.4, -0.2) is 23.2 Å². The van der Waals surface area contributed by atoms with Crippen molar-refractivity contribution in [3.05, 3.63) is 27.7 Å². The fourth-order valence-electron chi connectivity index (χ4n) is 1.47. The van der Waals surface area contributed by atoms with Crippen molar-refractivity contribution >= 4 is 37.6 Å². The van der Waals surface area contributed by atoms with Crippen LogP contribution in [0.5, 0.6) is 0 Å². The molecule has 0 aliphatic carbocycles. The van der Waals surface area contributed by atoms with Crippen molar-refractivity contribution in [2.75, 3.05) is 0 Å². The Hall–Kier alpha value is -0.960. The molecule has 0 fully saturated rings. The number of hydrogen-bond acceptors (Lipinski definition) is 4. The largest absolute Gasteiger partial charge is 0.300 e. The fourth-order valence-corrected chi connectivity index (χ4v) is 2.85. The number of nitrogens with two attached hydrogens (primary N) is 1. The summed E-state index contributed by atoms with van der Waals surface area (Å²) >= 11 is 9.35. The minimum absolute atomic E-state index is 0.309. The lowest BCUT2D eigenvalue weighted by Gasteiger charge is -2.05. The van der Waals surface area contributed by atoms with Gasteiger partial charge in [-0.2, -0.15) is 0 Å². The first-order valence-electron chi connectivity index (χ1n) is 4.68. The smallest absolute Gasteiger partial charge is 0.273 e. The minimum Gasteiger partial charge on any atom is -0.300 e. The standard InChI is InChI=1S/C9H8BrClN4O2S/c1-15-8(13-14-9(15)18(12,16)17)6-3-2-5(10)4-7(6)11/h2-4H,1H3,(H2,12,16,17). The van der Waals surface area contributed by atoms with Gasteiger partial charge < -0.3 is 0 Å². The predicted molar refractivity (Wildman–Crippen MR) is 70.5 cm³/mol. The molecule has 0 bridgehead atoms. The van der Waals surface area contributed by atoms with Gasteiger partial charge in [0.05, 0.1) is 5.02 Å². The summed E-state index contributed by atoms with van der Waals surface area (Å²) in [7, 11) is -2.40. The Kier molecular flexibility index (Phi) is 3.45. The van der Waals surface area contributed by atoms with Crippen molar-refractivity contribution in [2.24, 2.45) is 12.2 Å². The zero-order chi connectivity index (χ0) is 13.5. The molecule has 0 saturated heterocycles. The molecule has 0 unspecified atom stereocenters. The second-order valence-electron chi connectivity index (χ2n) is 3.53. The molecule has 1 aromatic heterocycles. The van der Waals surface area contributed by atoms with Gasteiger partial charge >= 0.3 is 0 Å². The molecule has 0 radical (unpaired) electrons. The second-order valence-corrected chi connectivity index (χ2v) is 6.31. The average molecular weight is 352 g/mol. The van der Waals surface area contributed by atoms with E-state index in [2.05, 4.69) is 26.1 Å². The first-order valence-corrected chi connectivity index (χ1v) is 7.40. The SMILES string of the molecule is Cn1c(-c2ccc(Br)cc2Cl)nnc1S(N)(=O)=O. The summed E-state index contributed by atoms with van der Waals surface area (Å²) in [6, 6.07) is 5.16. The summed E-state index contributed by atoms with van der Waals surface area (Å²) in [5, 5.41) is 12.5. The normalized spacial score (nSPS) is 11.8. The van der Waals surface area contributed by atoms with Gasteiger partial charge in [-0.1, -0.05) is 27.5 Å². The zero-order valence-corrected chi connectivity index (χ0v) is 12.3. The summed E-state index contributed by atoms with van der Waals surface area (Å²) in [4.78, 5) is 0. The Bertz CT molecular complexity index is 713. The number of rotatable bonds is 2. The van der Waals surface area contributed by atoms with Crippen LogP contribution in [0.1, 0.15) is 0 Å². The summed E-state index contributed by atoms with van der Waals surface area (Å²) in [5.74, 6) is 0.330. The lowest BCUT2D eigenvalue weighted by atomic mass is 10.2. The number of nitrogens with zero attached hydrogens (tertiary/aromatic N) is 3. The van der Waals surface area contributed by atoms with Crippen LogP contribution in [0.2, 0.25) is 5.02 Å². The Balaban J connectivity index is 2.63. The maximum atomic E-state index is 11.3. The van der Waals surface area contributed by atoms with Gasteiger partial charge in [-0.15, -0.1) is 10.2 Å². The van der Waals surface area contributed by atoms with Crippen LogP contribution in [-0.2, 0) is 17.1 Å². The van der Waals surface area contributed by atoms with Crippen LogP contribution in [0, 0.1) is 0 Å². The average Bonchev–Trinajstić information content (AvgIpc) is 2.60. The van der Waals surface area contributed by atoms with Crippen molar-refractivity contribution in [3.8, 4) is 11.4 Å². The number of primary sulfonamides is 1. The van der Waals surface area contributed by atoms with Crippen molar-refractivity contribution < 1.29 is 8.42 Å². The zero-order valence-electron chi connectivity index (χ0n) is 9.13. The fraction of sp³-hybridized carbons (Fsp3) is 0.111.